The molecule has 5 nitrogen and oxygen atoms in total. The zero-order chi connectivity index (χ0) is 15.9. The summed E-state index contributed by atoms with van der Waals surface area (Å²) in [7, 11) is 0. The number of hydrogen-bond donors (Lipinski definition) is 2. The molecule has 23 heavy (non-hydrogen) atoms. The van der Waals surface area contributed by atoms with E-state index in [-0.39, 0.29) is 11.5 Å². The van der Waals surface area contributed by atoms with Crippen molar-refractivity contribution in [3.63, 3.8) is 0 Å². The van der Waals surface area contributed by atoms with Crippen LogP contribution in [0.25, 0.3) is 0 Å². The van der Waals surface area contributed by atoms with Gasteiger partial charge in [-0.15, -0.1) is 0 Å². The fourth-order valence-corrected chi connectivity index (χ4v) is 4.18. The first kappa shape index (κ1) is 15.5. The van der Waals surface area contributed by atoms with Crippen molar-refractivity contribution in [1.29, 1.82) is 0 Å². The maximum Gasteiger partial charge on any atom is 0.162 e. The summed E-state index contributed by atoms with van der Waals surface area (Å²) in [6.45, 7) is 3.26. The van der Waals surface area contributed by atoms with Gasteiger partial charge in [0.2, 0.25) is 0 Å². The third-order valence-electron chi connectivity index (χ3n) is 5.49. The van der Waals surface area contributed by atoms with Crippen molar-refractivity contribution in [2.24, 2.45) is 5.41 Å². The molecule has 1 aromatic carbocycles. The molecular formula is C17H22ClNO4. The molecule has 2 aliphatic heterocycles. The predicted octanol–water partition coefficient (Wildman–Crippen LogP) is 2.13. The Bertz CT molecular complexity index is 588. The van der Waals surface area contributed by atoms with Gasteiger partial charge in [0.1, 0.15) is 13.2 Å². The molecule has 0 bridgehead atoms. The molecule has 0 radical (unpaired) electrons. The summed E-state index contributed by atoms with van der Waals surface area (Å²) < 4.78 is 16.6. The van der Waals surface area contributed by atoms with E-state index < -0.39 is 0 Å². The van der Waals surface area contributed by atoms with Gasteiger partial charge in [-0.05, 0) is 30.9 Å². The summed E-state index contributed by atoms with van der Waals surface area (Å²) in [6, 6.07) is 4.09. The molecule has 4 rings (SSSR count). The van der Waals surface area contributed by atoms with Crippen LogP contribution >= 0.6 is 11.6 Å². The van der Waals surface area contributed by atoms with Crippen LogP contribution in [-0.2, 0) is 11.3 Å². The zero-order valence-electron chi connectivity index (χ0n) is 13.0. The first-order chi connectivity index (χ1) is 11.2. The quantitative estimate of drug-likeness (QED) is 0.883. The molecular weight excluding hydrogens is 318 g/mol. The van der Waals surface area contributed by atoms with E-state index in [9.17, 15) is 5.11 Å². The van der Waals surface area contributed by atoms with Crippen LogP contribution in [0.2, 0.25) is 5.02 Å². The lowest BCUT2D eigenvalue weighted by Crippen LogP contribution is -2.64. The van der Waals surface area contributed by atoms with Crippen LogP contribution in [0.4, 0.5) is 0 Å². The van der Waals surface area contributed by atoms with E-state index in [1.54, 1.807) is 0 Å². The molecule has 0 amide bonds. The molecule has 1 saturated carbocycles. The second-order valence-corrected chi connectivity index (χ2v) is 7.02. The fourth-order valence-electron chi connectivity index (χ4n) is 3.96. The van der Waals surface area contributed by atoms with Crippen molar-refractivity contribution in [2.45, 2.75) is 38.0 Å². The predicted molar refractivity (Wildman–Crippen MR) is 86.2 cm³/mol. The molecule has 126 valence electrons. The van der Waals surface area contributed by atoms with Gasteiger partial charge in [0.05, 0.1) is 6.10 Å². The molecule has 0 aromatic heterocycles. The van der Waals surface area contributed by atoms with Crippen LogP contribution in [0.1, 0.15) is 24.8 Å². The smallest absolute Gasteiger partial charge is 0.162 e. The highest BCUT2D eigenvalue weighted by Crippen LogP contribution is 2.49. The van der Waals surface area contributed by atoms with Crippen LogP contribution in [0.3, 0.4) is 0 Å². The van der Waals surface area contributed by atoms with E-state index in [2.05, 4.69) is 5.32 Å². The Kier molecular flexibility index (Phi) is 4.13. The standard InChI is InChI=1S/C17H22ClNO4/c18-12-8-14-13(22-5-6-23-14)7-11(12)10-19-15-9-16(20)17(15)1-3-21-4-2-17/h7-8,15-16,19-20H,1-6,9-10H2/t15-,16-/m1/s1. The zero-order valence-corrected chi connectivity index (χ0v) is 13.8. The summed E-state index contributed by atoms with van der Waals surface area (Å²) in [6.07, 6.45) is 2.41. The summed E-state index contributed by atoms with van der Waals surface area (Å²) >= 11 is 6.37. The number of nitrogens with one attached hydrogen (secondary N) is 1. The maximum absolute atomic E-state index is 10.2. The minimum Gasteiger partial charge on any atom is -0.486 e. The maximum atomic E-state index is 10.2. The van der Waals surface area contributed by atoms with Crippen molar-refractivity contribution in [1.82, 2.24) is 5.32 Å². The average molecular weight is 340 g/mol. The van der Waals surface area contributed by atoms with E-state index in [0.29, 0.717) is 36.6 Å². The SMILES string of the molecule is O[C@@H]1C[C@@H](NCc2cc3c(cc2Cl)OCCO3)C12CCOCC2. The summed E-state index contributed by atoms with van der Waals surface area (Å²) in [5, 5.41) is 14.5. The third-order valence-corrected chi connectivity index (χ3v) is 5.84. The lowest BCUT2D eigenvalue weighted by Gasteiger charge is -2.56. The molecule has 6 heteroatoms. The Morgan fingerprint density at radius 3 is 2.52 bits per heavy atom. The Hall–Kier alpha value is -1.01. The number of fused-ring (bicyclic) bond motifs is 1. The van der Waals surface area contributed by atoms with E-state index in [1.165, 1.54) is 0 Å². The molecule has 3 aliphatic rings. The highest BCUT2D eigenvalue weighted by molar-refractivity contribution is 6.31. The second-order valence-electron chi connectivity index (χ2n) is 6.62. The molecule has 1 saturated heterocycles. The van der Waals surface area contributed by atoms with E-state index in [4.69, 9.17) is 25.8 Å². The summed E-state index contributed by atoms with van der Waals surface area (Å²) in [5.74, 6) is 1.47. The van der Waals surface area contributed by atoms with Crippen LogP contribution in [0, 0.1) is 5.41 Å². The lowest BCUT2D eigenvalue weighted by atomic mass is 9.58. The van der Waals surface area contributed by atoms with Crippen molar-refractivity contribution >= 4 is 11.6 Å². The Morgan fingerprint density at radius 2 is 1.83 bits per heavy atom. The number of rotatable bonds is 3. The first-order valence-electron chi connectivity index (χ1n) is 8.26. The first-order valence-corrected chi connectivity index (χ1v) is 8.64. The van der Waals surface area contributed by atoms with Gasteiger partial charge in [0.25, 0.3) is 0 Å². The van der Waals surface area contributed by atoms with Gasteiger partial charge >= 0.3 is 0 Å². The third kappa shape index (κ3) is 2.70. The molecule has 0 unspecified atom stereocenters. The minimum absolute atomic E-state index is 0.0292. The number of benzene rings is 1. The van der Waals surface area contributed by atoms with Gasteiger partial charge in [-0.3, -0.25) is 0 Å². The molecule has 2 heterocycles. The molecule has 1 spiro atoms. The second kappa shape index (κ2) is 6.13. The van der Waals surface area contributed by atoms with Crippen LogP contribution in [-0.4, -0.2) is 43.7 Å². The topological polar surface area (TPSA) is 60.0 Å². The molecule has 2 N–H and O–H groups in total. The fraction of sp³-hybridized carbons (Fsp3) is 0.647. The molecule has 1 aromatic rings. The number of halogens is 1. The highest BCUT2D eigenvalue weighted by Gasteiger charge is 2.54. The number of aliphatic hydroxyl groups is 1. The van der Waals surface area contributed by atoms with Crippen LogP contribution in [0.5, 0.6) is 11.5 Å². The Morgan fingerprint density at radius 1 is 1.13 bits per heavy atom. The van der Waals surface area contributed by atoms with Crippen LogP contribution < -0.4 is 14.8 Å². The summed E-state index contributed by atoms with van der Waals surface area (Å²) in [4.78, 5) is 0. The number of aliphatic hydroxyl groups excluding tert-OH is 1. The number of hydrogen-bond acceptors (Lipinski definition) is 5. The molecule has 2 fully saturated rings. The van der Waals surface area contributed by atoms with Gasteiger partial charge in [-0.25, -0.2) is 0 Å². The van der Waals surface area contributed by atoms with Gasteiger partial charge in [0.15, 0.2) is 11.5 Å². The van der Waals surface area contributed by atoms with Gasteiger partial charge in [0, 0.05) is 42.3 Å². The minimum atomic E-state index is -0.223. The van der Waals surface area contributed by atoms with E-state index in [1.807, 2.05) is 12.1 Å². The van der Waals surface area contributed by atoms with E-state index >= 15 is 0 Å². The summed E-state index contributed by atoms with van der Waals surface area (Å²) in [5.41, 5.74) is 0.970. The molecule has 1 aliphatic carbocycles. The Labute approximate surface area is 140 Å². The normalized spacial score (nSPS) is 28.4. The monoisotopic (exact) mass is 339 g/mol. The van der Waals surface area contributed by atoms with Gasteiger partial charge < -0.3 is 24.6 Å². The van der Waals surface area contributed by atoms with Crippen molar-refractivity contribution < 1.29 is 19.3 Å². The van der Waals surface area contributed by atoms with Gasteiger partial charge in [-0.2, -0.15) is 0 Å². The van der Waals surface area contributed by atoms with Crippen molar-refractivity contribution in [2.75, 3.05) is 26.4 Å². The molecule has 2 atom stereocenters. The average Bonchev–Trinajstić information content (AvgIpc) is 2.59. The van der Waals surface area contributed by atoms with Gasteiger partial charge in [-0.1, -0.05) is 11.6 Å². The lowest BCUT2D eigenvalue weighted by molar-refractivity contribution is -0.149. The number of ether oxygens (including phenoxy) is 3. The Balaban J connectivity index is 1.45. The van der Waals surface area contributed by atoms with Crippen LogP contribution in [0.15, 0.2) is 12.1 Å². The highest BCUT2D eigenvalue weighted by atomic mass is 35.5. The van der Waals surface area contributed by atoms with E-state index in [0.717, 1.165) is 43.8 Å². The van der Waals surface area contributed by atoms with Crippen molar-refractivity contribution in [3.8, 4) is 11.5 Å². The van der Waals surface area contributed by atoms with Crippen molar-refractivity contribution in [3.05, 3.63) is 22.7 Å². The largest absolute Gasteiger partial charge is 0.486 e.